The van der Waals surface area contributed by atoms with Crippen LogP contribution in [0.25, 0.3) is 5.57 Å². The van der Waals surface area contributed by atoms with Gasteiger partial charge in [0.05, 0.1) is 5.57 Å². The fourth-order valence-corrected chi connectivity index (χ4v) is 2.42. The SMILES string of the molecule is O=C(/C=C(/C(=O)Nc1ccccc1)c1ccccc1)OC1CCC1. The fourth-order valence-electron chi connectivity index (χ4n) is 2.42. The van der Waals surface area contributed by atoms with Gasteiger partial charge in [-0.3, -0.25) is 4.79 Å². The third kappa shape index (κ3) is 4.10. The number of amides is 1. The molecule has 0 bridgehead atoms. The fraction of sp³-hybridized carbons (Fsp3) is 0.200. The van der Waals surface area contributed by atoms with Crippen molar-refractivity contribution in [3.63, 3.8) is 0 Å². The third-order valence-electron chi connectivity index (χ3n) is 3.96. The van der Waals surface area contributed by atoms with Gasteiger partial charge in [0, 0.05) is 11.8 Å². The van der Waals surface area contributed by atoms with Crippen LogP contribution in [0.4, 0.5) is 5.69 Å². The van der Waals surface area contributed by atoms with E-state index in [1.165, 1.54) is 6.08 Å². The lowest BCUT2D eigenvalue weighted by Gasteiger charge is -2.24. The van der Waals surface area contributed by atoms with Crippen LogP contribution in [0, 0.1) is 0 Å². The Hall–Kier alpha value is -2.88. The maximum absolute atomic E-state index is 12.6. The van der Waals surface area contributed by atoms with E-state index in [1.54, 1.807) is 24.3 Å². The number of ether oxygens (including phenoxy) is 1. The summed E-state index contributed by atoms with van der Waals surface area (Å²) >= 11 is 0. The van der Waals surface area contributed by atoms with E-state index in [2.05, 4.69) is 5.32 Å². The van der Waals surface area contributed by atoms with Crippen molar-refractivity contribution in [1.29, 1.82) is 0 Å². The number of benzene rings is 2. The van der Waals surface area contributed by atoms with E-state index in [1.807, 2.05) is 36.4 Å². The minimum absolute atomic E-state index is 0.0112. The van der Waals surface area contributed by atoms with Crippen molar-refractivity contribution >= 4 is 23.1 Å². The number of nitrogens with one attached hydrogen (secondary N) is 1. The smallest absolute Gasteiger partial charge is 0.331 e. The minimum Gasteiger partial charge on any atom is -0.459 e. The lowest BCUT2D eigenvalue weighted by atomic mass is 9.96. The summed E-state index contributed by atoms with van der Waals surface area (Å²) in [6, 6.07) is 18.3. The molecule has 4 nitrogen and oxygen atoms in total. The Bertz CT molecular complexity index is 734. The molecule has 0 aromatic heterocycles. The Balaban J connectivity index is 1.81. The zero-order valence-electron chi connectivity index (χ0n) is 13.3. The van der Waals surface area contributed by atoms with Crippen LogP contribution in [0.1, 0.15) is 24.8 Å². The van der Waals surface area contributed by atoms with Crippen LogP contribution in [-0.2, 0) is 14.3 Å². The number of esters is 1. The first-order valence-electron chi connectivity index (χ1n) is 8.06. The normalized spacial score (nSPS) is 14.6. The van der Waals surface area contributed by atoms with E-state index in [0.29, 0.717) is 16.8 Å². The van der Waals surface area contributed by atoms with E-state index in [0.717, 1.165) is 19.3 Å². The largest absolute Gasteiger partial charge is 0.459 e. The van der Waals surface area contributed by atoms with E-state index in [4.69, 9.17) is 4.74 Å². The molecular formula is C20H19NO3. The molecule has 24 heavy (non-hydrogen) atoms. The molecular weight excluding hydrogens is 302 g/mol. The molecule has 122 valence electrons. The van der Waals surface area contributed by atoms with Crippen molar-refractivity contribution in [2.45, 2.75) is 25.4 Å². The first-order valence-corrected chi connectivity index (χ1v) is 8.06. The summed E-state index contributed by atoms with van der Waals surface area (Å²) in [6.45, 7) is 0. The average molecular weight is 321 g/mol. The number of anilines is 1. The molecule has 0 spiro atoms. The summed E-state index contributed by atoms with van der Waals surface area (Å²) in [6.07, 6.45) is 4.16. The molecule has 1 saturated carbocycles. The Kier molecular flexibility index (Phi) is 5.06. The first kappa shape index (κ1) is 16.0. The van der Waals surface area contributed by atoms with Crippen molar-refractivity contribution in [2.75, 3.05) is 5.32 Å². The molecule has 0 heterocycles. The number of para-hydroxylation sites is 1. The van der Waals surface area contributed by atoms with E-state index >= 15 is 0 Å². The number of carbonyl (C=O) groups excluding carboxylic acids is 2. The molecule has 1 aliphatic rings. The second-order valence-corrected chi connectivity index (χ2v) is 5.73. The summed E-state index contributed by atoms with van der Waals surface area (Å²) < 4.78 is 5.34. The molecule has 4 heteroatoms. The number of carbonyl (C=O) groups is 2. The van der Waals surface area contributed by atoms with Gasteiger partial charge in [-0.05, 0) is 37.0 Å². The van der Waals surface area contributed by atoms with Gasteiger partial charge in [0.25, 0.3) is 5.91 Å². The second kappa shape index (κ2) is 7.59. The van der Waals surface area contributed by atoms with Crippen molar-refractivity contribution in [1.82, 2.24) is 0 Å². The molecule has 0 atom stereocenters. The van der Waals surface area contributed by atoms with Gasteiger partial charge >= 0.3 is 5.97 Å². The highest BCUT2D eigenvalue weighted by Crippen LogP contribution is 2.23. The highest BCUT2D eigenvalue weighted by Gasteiger charge is 2.22. The molecule has 0 radical (unpaired) electrons. The molecule has 0 saturated heterocycles. The number of hydrogen-bond donors (Lipinski definition) is 1. The first-order chi connectivity index (χ1) is 11.7. The zero-order valence-corrected chi connectivity index (χ0v) is 13.3. The maximum Gasteiger partial charge on any atom is 0.331 e. The monoisotopic (exact) mass is 321 g/mol. The zero-order chi connectivity index (χ0) is 16.8. The average Bonchev–Trinajstić information content (AvgIpc) is 2.57. The quantitative estimate of drug-likeness (QED) is 0.673. The van der Waals surface area contributed by atoms with Crippen molar-refractivity contribution in [3.8, 4) is 0 Å². The second-order valence-electron chi connectivity index (χ2n) is 5.73. The predicted octanol–water partition coefficient (Wildman–Crippen LogP) is 3.80. The summed E-state index contributed by atoms with van der Waals surface area (Å²) in [5.41, 5.74) is 1.65. The number of hydrogen-bond acceptors (Lipinski definition) is 3. The lowest BCUT2D eigenvalue weighted by Crippen LogP contribution is -2.24. The van der Waals surface area contributed by atoms with Gasteiger partial charge in [0.1, 0.15) is 6.10 Å². The van der Waals surface area contributed by atoms with Crippen LogP contribution in [0.2, 0.25) is 0 Å². The van der Waals surface area contributed by atoms with Crippen LogP contribution in [0.5, 0.6) is 0 Å². The lowest BCUT2D eigenvalue weighted by molar-refractivity contribution is -0.146. The van der Waals surface area contributed by atoms with Crippen molar-refractivity contribution in [2.24, 2.45) is 0 Å². The van der Waals surface area contributed by atoms with Crippen LogP contribution >= 0.6 is 0 Å². The highest BCUT2D eigenvalue weighted by atomic mass is 16.5. The molecule has 1 amide bonds. The van der Waals surface area contributed by atoms with Crippen LogP contribution in [0.3, 0.4) is 0 Å². The molecule has 2 aromatic rings. The molecule has 3 rings (SSSR count). The van der Waals surface area contributed by atoms with Gasteiger partial charge in [0.15, 0.2) is 0 Å². The van der Waals surface area contributed by atoms with Crippen molar-refractivity contribution < 1.29 is 14.3 Å². The van der Waals surface area contributed by atoms with Crippen molar-refractivity contribution in [3.05, 3.63) is 72.3 Å². The summed E-state index contributed by atoms with van der Waals surface area (Å²) in [4.78, 5) is 24.7. The Morgan fingerprint density at radius 3 is 2.17 bits per heavy atom. The molecule has 0 unspecified atom stereocenters. The predicted molar refractivity (Wildman–Crippen MR) is 93.2 cm³/mol. The Morgan fingerprint density at radius 2 is 1.58 bits per heavy atom. The molecule has 1 N–H and O–H groups in total. The highest BCUT2D eigenvalue weighted by molar-refractivity contribution is 6.28. The van der Waals surface area contributed by atoms with Gasteiger partial charge in [0.2, 0.25) is 0 Å². The van der Waals surface area contributed by atoms with Crippen LogP contribution in [-0.4, -0.2) is 18.0 Å². The van der Waals surface area contributed by atoms with Crippen LogP contribution < -0.4 is 5.32 Å². The van der Waals surface area contributed by atoms with Gasteiger partial charge in [-0.2, -0.15) is 0 Å². The van der Waals surface area contributed by atoms with Gasteiger partial charge in [-0.25, -0.2) is 4.79 Å². The standard InChI is InChI=1S/C20H19NO3/c22-19(24-17-12-7-13-17)14-18(15-8-3-1-4-9-15)20(23)21-16-10-5-2-6-11-16/h1-6,8-11,14,17H,7,12-13H2,(H,21,23)/b18-14+. The maximum atomic E-state index is 12.6. The molecule has 1 aliphatic carbocycles. The van der Waals surface area contributed by atoms with Gasteiger partial charge in [-0.1, -0.05) is 48.5 Å². The summed E-state index contributed by atoms with van der Waals surface area (Å²) in [7, 11) is 0. The van der Waals surface area contributed by atoms with Crippen LogP contribution in [0.15, 0.2) is 66.7 Å². The van der Waals surface area contributed by atoms with E-state index in [9.17, 15) is 9.59 Å². The van der Waals surface area contributed by atoms with E-state index < -0.39 is 5.97 Å². The molecule has 1 fully saturated rings. The molecule has 2 aromatic carbocycles. The van der Waals surface area contributed by atoms with Gasteiger partial charge in [-0.15, -0.1) is 0 Å². The Morgan fingerprint density at radius 1 is 0.958 bits per heavy atom. The number of rotatable bonds is 5. The van der Waals surface area contributed by atoms with E-state index in [-0.39, 0.29) is 12.0 Å². The third-order valence-corrected chi connectivity index (χ3v) is 3.96. The summed E-state index contributed by atoms with van der Waals surface area (Å²) in [5, 5.41) is 2.81. The summed E-state index contributed by atoms with van der Waals surface area (Å²) in [5.74, 6) is -0.806. The molecule has 0 aliphatic heterocycles. The topological polar surface area (TPSA) is 55.4 Å². The Labute approximate surface area is 141 Å². The minimum atomic E-state index is -0.471. The van der Waals surface area contributed by atoms with Gasteiger partial charge < -0.3 is 10.1 Å².